The zero-order chi connectivity index (χ0) is 42.2. The van der Waals surface area contributed by atoms with Crippen LogP contribution in [0.4, 0.5) is 11.5 Å². The topological polar surface area (TPSA) is 54.6 Å². The van der Waals surface area contributed by atoms with E-state index in [1.54, 1.807) is 0 Å². The molecule has 5 nitrogen and oxygen atoms in total. The van der Waals surface area contributed by atoms with Crippen LogP contribution >= 0.6 is 14.1 Å². The lowest BCUT2D eigenvalue weighted by molar-refractivity contribution is 0.574. The number of aryl methyl sites for hydroxylation is 1. The standard InChI is InChI=1S/C55H49N5P2/c1-43(52-40-24-25-41-54(52)58-61(46-28-12-4-13-29-46,47-30-14-5-15-31-47)48-32-16-6-17-33-48)56-42-53-44(2)57-60(45-26-10-3-11-27-45)55(53)59-62(49-34-18-7-19-35-49,50-36-20-8-21-37-50)51-38-22-9-23-39-51/h3-41,43,56H,42H2,1-2H3. The van der Waals surface area contributed by atoms with Crippen LogP contribution in [-0.4, -0.2) is 9.78 Å². The average Bonchev–Trinajstić information content (AvgIpc) is 3.67. The van der Waals surface area contributed by atoms with Crippen molar-refractivity contribution >= 4 is 57.4 Å². The molecule has 9 aromatic rings. The van der Waals surface area contributed by atoms with Crippen LogP contribution in [0.5, 0.6) is 0 Å². The molecule has 1 aromatic heterocycles. The molecular formula is C55H49N5P2. The highest BCUT2D eigenvalue weighted by atomic mass is 31.2. The van der Waals surface area contributed by atoms with E-state index in [4.69, 9.17) is 14.6 Å². The molecule has 0 aliphatic carbocycles. The van der Waals surface area contributed by atoms with Crippen molar-refractivity contribution in [2.24, 2.45) is 9.49 Å². The molecule has 9 rings (SSSR count). The maximum atomic E-state index is 6.07. The highest BCUT2D eigenvalue weighted by molar-refractivity contribution is 7.88. The highest BCUT2D eigenvalue weighted by Gasteiger charge is 2.31. The third-order valence-electron chi connectivity index (χ3n) is 11.4. The summed E-state index contributed by atoms with van der Waals surface area (Å²) < 4.78 is 14.1. The molecule has 0 radical (unpaired) electrons. The molecule has 304 valence electrons. The number of hydrogen-bond donors (Lipinski definition) is 1. The summed E-state index contributed by atoms with van der Waals surface area (Å²) in [5.74, 6) is 0.846. The second-order valence-electron chi connectivity index (χ2n) is 15.3. The van der Waals surface area contributed by atoms with Crippen LogP contribution in [0.2, 0.25) is 0 Å². The van der Waals surface area contributed by atoms with Gasteiger partial charge in [-0.1, -0.05) is 218 Å². The number of benzene rings is 8. The molecule has 0 fully saturated rings. The van der Waals surface area contributed by atoms with Crippen molar-refractivity contribution in [2.45, 2.75) is 26.4 Å². The van der Waals surface area contributed by atoms with Crippen molar-refractivity contribution in [3.63, 3.8) is 0 Å². The molecule has 0 saturated carbocycles. The van der Waals surface area contributed by atoms with Crippen molar-refractivity contribution < 1.29 is 0 Å². The van der Waals surface area contributed by atoms with Gasteiger partial charge in [-0.05, 0) is 37.6 Å². The number of hydrogen-bond acceptors (Lipinski definition) is 4. The molecule has 8 aromatic carbocycles. The van der Waals surface area contributed by atoms with Gasteiger partial charge in [-0.15, -0.1) is 0 Å². The molecule has 1 unspecified atom stereocenters. The van der Waals surface area contributed by atoms with Gasteiger partial charge < -0.3 is 5.32 Å². The zero-order valence-electron chi connectivity index (χ0n) is 35.0. The minimum atomic E-state index is -2.64. The quantitative estimate of drug-likeness (QED) is 0.118. The molecule has 62 heavy (non-hydrogen) atoms. The van der Waals surface area contributed by atoms with E-state index in [0.29, 0.717) is 6.54 Å². The maximum absolute atomic E-state index is 6.07. The summed E-state index contributed by atoms with van der Waals surface area (Å²) in [7, 11) is -5.14. The van der Waals surface area contributed by atoms with Crippen LogP contribution in [0, 0.1) is 6.92 Å². The number of aromatic nitrogens is 2. The Morgan fingerprint density at radius 2 is 0.790 bits per heavy atom. The predicted molar refractivity (Wildman–Crippen MR) is 264 cm³/mol. The number of nitrogens with zero attached hydrogens (tertiary/aromatic N) is 4. The van der Waals surface area contributed by atoms with Gasteiger partial charge in [0.15, 0.2) is 5.82 Å². The third-order valence-corrected chi connectivity index (χ3v) is 18.7. The Labute approximate surface area is 365 Å². The largest absolute Gasteiger partial charge is 0.306 e. The third kappa shape index (κ3) is 7.99. The first-order chi connectivity index (χ1) is 30.6. The van der Waals surface area contributed by atoms with Gasteiger partial charge >= 0.3 is 0 Å². The van der Waals surface area contributed by atoms with Crippen LogP contribution in [-0.2, 0) is 6.54 Å². The molecule has 0 spiro atoms. The summed E-state index contributed by atoms with van der Waals surface area (Å²) in [6, 6.07) is 83.8. The van der Waals surface area contributed by atoms with Gasteiger partial charge in [0.1, 0.15) is 0 Å². The summed E-state index contributed by atoms with van der Waals surface area (Å²) >= 11 is 0. The Hall–Kier alpha value is -6.61. The summed E-state index contributed by atoms with van der Waals surface area (Å²) in [6.45, 7) is 4.89. The minimum absolute atomic E-state index is 0.0663. The molecule has 0 bridgehead atoms. The molecule has 0 aliphatic rings. The SMILES string of the molecule is Cc1nn(-c2ccccc2)c(N=P(c2ccccc2)(c2ccccc2)c2ccccc2)c1CNC(C)c1ccccc1N=P(c1ccccc1)(c1ccccc1)c1ccccc1. The normalized spacial score (nSPS) is 12.1. The minimum Gasteiger partial charge on any atom is -0.306 e. The van der Waals surface area contributed by atoms with Gasteiger partial charge in [0.25, 0.3) is 0 Å². The summed E-state index contributed by atoms with van der Waals surface area (Å²) in [6.07, 6.45) is 0. The summed E-state index contributed by atoms with van der Waals surface area (Å²) in [5, 5.41) is 16.4. The molecule has 1 N–H and O–H groups in total. The van der Waals surface area contributed by atoms with Crippen molar-refractivity contribution in [3.8, 4) is 5.69 Å². The van der Waals surface area contributed by atoms with Gasteiger partial charge in [0, 0.05) is 50.0 Å². The molecule has 0 amide bonds. The van der Waals surface area contributed by atoms with Crippen molar-refractivity contribution in [1.82, 2.24) is 15.1 Å². The van der Waals surface area contributed by atoms with Crippen molar-refractivity contribution in [3.05, 3.63) is 253 Å². The van der Waals surface area contributed by atoms with Crippen LogP contribution in [0.25, 0.3) is 5.69 Å². The van der Waals surface area contributed by atoms with E-state index in [9.17, 15) is 0 Å². The van der Waals surface area contributed by atoms with Crippen LogP contribution in [0.1, 0.15) is 29.8 Å². The monoisotopic (exact) mass is 841 g/mol. The summed E-state index contributed by atoms with van der Waals surface area (Å²) in [5.41, 5.74) is 5.06. The zero-order valence-corrected chi connectivity index (χ0v) is 36.8. The van der Waals surface area contributed by atoms with Crippen molar-refractivity contribution in [2.75, 3.05) is 0 Å². The van der Waals surface area contributed by atoms with E-state index < -0.39 is 14.1 Å². The van der Waals surface area contributed by atoms with E-state index in [1.165, 1.54) is 31.8 Å². The fraction of sp³-hybridized carbons (Fsp3) is 0.0727. The van der Waals surface area contributed by atoms with E-state index in [1.807, 2.05) is 10.7 Å². The van der Waals surface area contributed by atoms with Gasteiger partial charge in [0.05, 0.1) is 31.2 Å². The molecule has 1 heterocycles. The molecule has 1 atom stereocenters. The number of nitrogens with one attached hydrogen (secondary N) is 1. The predicted octanol–water partition coefficient (Wildman–Crippen LogP) is 11.6. The average molecular weight is 842 g/mol. The Kier molecular flexibility index (Phi) is 12.2. The second kappa shape index (κ2) is 18.6. The lowest BCUT2D eigenvalue weighted by Gasteiger charge is -2.28. The van der Waals surface area contributed by atoms with Gasteiger partial charge in [-0.2, -0.15) is 5.10 Å². The van der Waals surface area contributed by atoms with Crippen LogP contribution in [0.3, 0.4) is 0 Å². The van der Waals surface area contributed by atoms with Crippen LogP contribution in [0.15, 0.2) is 246 Å². The highest BCUT2D eigenvalue weighted by Crippen LogP contribution is 2.52. The van der Waals surface area contributed by atoms with Crippen molar-refractivity contribution in [1.29, 1.82) is 0 Å². The van der Waals surface area contributed by atoms with E-state index >= 15 is 0 Å². The van der Waals surface area contributed by atoms with E-state index in [0.717, 1.165) is 34.0 Å². The van der Waals surface area contributed by atoms with Gasteiger partial charge in [0.2, 0.25) is 0 Å². The maximum Gasteiger partial charge on any atom is 0.160 e. The number of para-hydroxylation sites is 1. The Morgan fingerprint density at radius 1 is 0.452 bits per heavy atom. The van der Waals surface area contributed by atoms with E-state index in [2.05, 4.69) is 250 Å². The Balaban J connectivity index is 1.21. The molecule has 7 heteroatoms. The first-order valence-electron chi connectivity index (χ1n) is 21.1. The number of rotatable bonds is 13. The van der Waals surface area contributed by atoms with Crippen LogP contribution < -0.4 is 37.1 Å². The van der Waals surface area contributed by atoms with Gasteiger partial charge in [-0.25, -0.2) is 9.43 Å². The summed E-state index contributed by atoms with van der Waals surface area (Å²) in [4.78, 5) is 0. The van der Waals surface area contributed by atoms with Gasteiger partial charge in [-0.3, -0.25) is 4.74 Å². The first kappa shape index (κ1) is 40.8. The first-order valence-corrected chi connectivity index (χ1v) is 24.6. The fourth-order valence-corrected chi connectivity index (χ4v) is 15.4. The smallest absolute Gasteiger partial charge is 0.160 e. The van der Waals surface area contributed by atoms with E-state index in [-0.39, 0.29) is 6.04 Å². The Morgan fingerprint density at radius 3 is 1.19 bits per heavy atom. The Bertz CT molecular complexity index is 2770. The second-order valence-corrected chi connectivity index (χ2v) is 21.3. The fourth-order valence-electron chi connectivity index (χ4n) is 8.32. The molecule has 0 saturated heterocycles. The molecule has 0 aliphatic heterocycles. The molecular weight excluding hydrogens is 793 g/mol. The lowest BCUT2D eigenvalue weighted by Crippen LogP contribution is -2.25. The lowest BCUT2D eigenvalue weighted by atomic mass is 10.1.